The summed E-state index contributed by atoms with van der Waals surface area (Å²) in [6, 6.07) is 8.48. The molecule has 0 radical (unpaired) electrons. The minimum Gasteiger partial charge on any atom is -0.379 e. The molecule has 0 atom stereocenters. The minimum absolute atomic E-state index is 0.139. The molecule has 1 aliphatic rings. The van der Waals surface area contributed by atoms with Crippen LogP contribution in [0.3, 0.4) is 0 Å². The molecule has 2 rings (SSSR count). The predicted octanol–water partition coefficient (Wildman–Crippen LogP) is 3.36. The summed E-state index contributed by atoms with van der Waals surface area (Å²) in [4.78, 5) is 14.5. The standard InChI is InChI=1S/C16H22BrNO2/c1-4-18(12(2)3)15(19)9-16(10-20-11-16)13-5-7-14(17)8-6-13/h5-8,12H,4,9-11H2,1-3H3. The van der Waals surface area contributed by atoms with E-state index in [2.05, 4.69) is 41.9 Å². The molecular formula is C16H22BrNO2. The fourth-order valence-electron chi connectivity index (χ4n) is 2.74. The maximum absolute atomic E-state index is 12.5. The van der Waals surface area contributed by atoms with Crippen LogP contribution in [0.1, 0.15) is 32.8 Å². The van der Waals surface area contributed by atoms with Crippen LogP contribution in [-0.2, 0) is 14.9 Å². The van der Waals surface area contributed by atoms with Crippen molar-refractivity contribution in [3.8, 4) is 0 Å². The Balaban J connectivity index is 2.16. The Bertz CT molecular complexity index is 466. The first kappa shape index (κ1) is 15.5. The molecule has 3 nitrogen and oxygen atoms in total. The number of hydrogen-bond acceptors (Lipinski definition) is 2. The Hall–Kier alpha value is -0.870. The van der Waals surface area contributed by atoms with Crippen LogP contribution >= 0.6 is 15.9 Å². The highest BCUT2D eigenvalue weighted by atomic mass is 79.9. The molecule has 0 aliphatic carbocycles. The second-order valence-electron chi connectivity index (χ2n) is 5.73. The van der Waals surface area contributed by atoms with Gasteiger partial charge in [-0.1, -0.05) is 28.1 Å². The van der Waals surface area contributed by atoms with Crippen molar-refractivity contribution in [3.05, 3.63) is 34.3 Å². The summed E-state index contributed by atoms with van der Waals surface area (Å²) in [7, 11) is 0. The molecule has 0 spiro atoms. The first-order valence-corrected chi connectivity index (χ1v) is 7.91. The van der Waals surface area contributed by atoms with Crippen LogP contribution in [0.15, 0.2) is 28.7 Å². The van der Waals surface area contributed by atoms with Crippen molar-refractivity contribution in [1.29, 1.82) is 0 Å². The Labute approximate surface area is 129 Å². The molecule has 20 heavy (non-hydrogen) atoms. The zero-order valence-corrected chi connectivity index (χ0v) is 13.9. The third-order valence-electron chi connectivity index (χ3n) is 3.99. The molecule has 1 aliphatic heterocycles. The summed E-state index contributed by atoms with van der Waals surface area (Å²) in [5, 5.41) is 0. The summed E-state index contributed by atoms with van der Waals surface area (Å²) in [6.07, 6.45) is 0.528. The lowest BCUT2D eigenvalue weighted by Crippen LogP contribution is -2.51. The van der Waals surface area contributed by atoms with Gasteiger partial charge in [-0.2, -0.15) is 0 Å². The van der Waals surface area contributed by atoms with Gasteiger partial charge in [-0.3, -0.25) is 4.79 Å². The van der Waals surface area contributed by atoms with Crippen molar-refractivity contribution in [2.75, 3.05) is 19.8 Å². The zero-order chi connectivity index (χ0) is 14.8. The van der Waals surface area contributed by atoms with Crippen LogP contribution in [0, 0.1) is 0 Å². The van der Waals surface area contributed by atoms with Gasteiger partial charge < -0.3 is 9.64 Å². The summed E-state index contributed by atoms with van der Waals surface area (Å²) in [5.41, 5.74) is 1.06. The lowest BCUT2D eigenvalue weighted by Gasteiger charge is -2.43. The van der Waals surface area contributed by atoms with Gasteiger partial charge in [-0.05, 0) is 38.5 Å². The fourth-order valence-corrected chi connectivity index (χ4v) is 3.01. The van der Waals surface area contributed by atoms with Crippen LogP contribution in [0.2, 0.25) is 0 Å². The van der Waals surface area contributed by atoms with Gasteiger partial charge in [0.2, 0.25) is 5.91 Å². The number of carbonyl (C=O) groups excluding carboxylic acids is 1. The highest BCUT2D eigenvalue weighted by Gasteiger charge is 2.43. The highest BCUT2D eigenvalue weighted by Crippen LogP contribution is 2.37. The van der Waals surface area contributed by atoms with E-state index >= 15 is 0 Å². The number of rotatable bonds is 5. The van der Waals surface area contributed by atoms with Crippen molar-refractivity contribution in [1.82, 2.24) is 4.90 Å². The third kappa shape index (κ3) is 3.07. The first-order valence-electron chi connectivity index (χ1n) is 7.12. The Morgan fingerprint density at radius 1 is 1.35 bits per heavy atom. The maximum atomic E-state index is 12.5. The molecule has 0 unspecified atom stereocenters. The predicted molar refractivity (Wildman–Crippen MR) is 83.8 cm³/mol. The number of hydrogen-bond donors (Lipinski definition) is 0. The molecule has 110 valence electrons. The van der Waals surface area contributed by atoms with E-state index in [9.17, 15) is 4.79 Å². The van der Waals surface area contributed by atoms with Crippen LogP contribution in [-0.4, -0.2) is 36.6 Å². The smallest absolute Gasteiger partial charge is 0.223 e. The number of halogens is 1. The van der Waals surface area contributed by atoms with E-state index in [1.807, 2.05) is 24.0 Å². The molecule has 1 fully saturated rings. The van der Waals surface area contributed by atoms with Gasteiger partial charge >= 0.3 is 0 Å². The van der Waals surface area contributed by atoms with Crippen LogP contribution in [0.5, 0.6) is 0 Å². The molecule has 4 heteroatoms. The molecular weight excluding hydrogens is 318 g/mol. The van der Waals surface area contributed by atoms with E-state index in [1.54, 1.807) is 0 Å². The lowest BCUT2D eigenvalue weighted by atomic mass is 9.75. The normalized spacial score (nSPS) is 16.9. The van der Waals surface area contributed by atoms with Crippen LogP contribution in [0.25, 0.3) is 0 Å². The van der Waals surface area contributed by atoms with Gasteiger partial charge in [-0.15, -0.1) is 0 Å². The summed E-state index contributed by atoms with van der Waals surface area (Å²) >= 11 is 3.45. The van der Waals surface area contributed by atoms with Gasteiger partial charge in [0, 0.05) is 23.5 Å². The number of amides is 1. The average Bonchev–Trinajstić information content (AvgIpc) is 2.35. The maximum Gasteiger partial charge on any atom is 0.223 e. The van der Waals surface area contributed by atoms with Gasteiger partial charge in [0.1, 0.15) is 0 Å². The monoisotopic (exact) mass is 339 g/mol. The SMILES string of the molecule is CCN(C(=O)CC1(c2ccc(Br)cc2)COC1)C(C)C. The second-order valence-corrected chi connectivity index (χ2v) is 6.65. The first-order chi connectivity index (χ1) is 9.48. The van der Waals surface area contributed by atoms with Gasteiger partial charge in [0.05, 0.1) is 18.6 Å². The van der Waals surface area contributed by atoms with Gasteiger partial charge in [-0.25, -0.2) is 0 Å². The number of carbonyl (C=O) groups is 1. The lowest BCUT2D eigenvalue weighted by molar-refractivity contribution is -0.140. The largest absolute Gasteiger partial charge is 0.379 e. The summed E-state index contributed by atoms with van der Waals surface area (Å²) in [5.74, 6) is 0.216. The number of benzene rings is 1. The third-order valence-corrected chi connectivity index (χ3v) is 4.52. The van der Waals surface area contributed by atoms with Crippen molar-refractivity contribution >= 4 is 21.8 Å². The van der Waals surface area contributed by atoms with Gasteiger partial charge in [0.15, 0.2) is 0 Å². The average molecular weight is 340 g/mol. The molecule has 1 saturated heterocycles. The molecule has 1 amide bonds. The molecule has 1 aromatic carbocycles. The van der Waals surface area contributed by atoms with Crippen molar-refractivity contribution < 1.29 is 9.53 Å². The Kier molecular flexibility index (Phi) is 4.86. The van der Waals surface area contributed by atoms with E-state index in [4.69, 9.17) is 4.74 Å². The quantitative estimate of drug-likeness (QED) is 0.823. The van der Waals surface area contributed by atoms with E-state index in [-0.39, 0.29) is 17.4 Å². The van der Waals surface area contributed by atoms with Crippen LogP contribution in [0.4, 0.5) is 0 Å². The molecule has 0 N–H and O–H groups in total. The van der Waals surface area contributed by atoms with Crippen molar-refractivity contribution in [2.45, 2.75) is 38.6 Å². The zero-order valence-electron chi connectivity index (χ0n) is 12.4. The number of nitrogens with zero attached hydrogens (tertiary/aromatic N) is 1. The van der Waals surface area contributed by atoms with E-state index in [0.29, 0.717) is 19.6 Å². The second kappa shape index (κ2) is 6.27. The molecule has 0 bridgehead atoms. The van der Waals surface area contributed by atoms with Crippen molar-refractivity contribution in [2.24, 2.45) is 0 Å². The topological polar surface area (TPSA) is 29.5 Å². The van der Waals surface area contributed by atoms with E-state index in [1.165, 1.54) is 5.56 Å². The summed E-state index contributed by atoms with van der Waals surface area (Å²) in [6.45, 7) is 8.18. The summed E-state index contributed by atoms with van der Waals surface area (Å²) < 4.78 is 6.47. The molecule has 0 aromatic heterocycles. The van der Waals surface area contributed by atoms with Gasteiger partial charge in [0.25, 0.3) is 0 Å². The fraction of sp³-hybridized carbons (Fsp3) is 0.562. The van der Waals surface area contributed by atoms with E-state index < -0.39 is 0 Å². The Morgan fingerprint density at radius 3 is 2.35 bits per heavy atom. The van der Waals surface area contributed by atoms with E-state index in [0.717, 1.165) is 11.0 Å². The number of ether oxygens (including phenoxy) is 1. The molecule has 1 heterocycles. The highest BCUT2D eigenvalue weighted by molar-refractivity contribution is 9.10. The minimum atomic E-state index is -0.139. The molecule has 0 saturated carbocycles. The Morgan fingerprint density at radius 2 is 1.95 bits per heavy atom. The van der Waals surface area contributed by atoms with Crippen molar-refractivity contribution in [3.63, 3.8) is 0 Å². The molecule has 1 aromatic rings. The van der Waals surface area contributed by atoms with Crippen LogP contribution < -0.4 is 0 Å².